The van der Waals surface area contributed by atoms with Gasteiger partial charge in [0.2, 0.25) is 5.88 Å². The molecular weight excluding hydrogens is 247 g/mol. The maximum atomic E-state index is 13.6. The second-order valence-corrected chi connectivity index (χ2v) is 3.63. The molecule has 0 atom stereocenters. The molecule has 0 bridgehead atoms. The van der Waals surface area contributed by atoms with E-state index in [0.717, 1.165) is 6.07 Å². The third-order valence-electron chi connectivity index (χ3n) is 2.25. The minimum absolute atomic E-state index is 0.00180. The number of rotatable bonds is 4. The molecule has 0 saturated heterocycles. The zero-order valence-corrected chi connectivity index (χ0v) is 10.2. The van der Waals surface area contributed by atoms with Crippen molar-refractivity contribution < 1.29 is 9.13 Å². The number of nitrogens with one attached hydrogen (secondary N) is 1. The van der Waals surface area contributed by atoms with Crippen LogP contribution in [0.2, 0.25) is 0 Å². The molecule has 1 aromatic heterocycles. The normalized spacial score (nSPS) is 9.74. The van der Waals surface area contributed by atoms with Crippen LogP contribution in [0.25, 0.3) is 0 Å². The molecule has 2 rings (SSSR count). The van der Waals surface area contributed by atoms with Gasteiger partial charge in [-0.2, -0.15) is 10.2 Å². The van der Waals surface area contributed by atoms with Gasteiger partial charge in [0, 0.05) is 6.54 Å². The van der Waals surface area contributed by atoms with Crippen molar-refractivity contribution in [1.82, 2.24) is 9.97 Å². The number of benzene rings is 1. The summed E-state index contributed by atoms with van der Waals surface area (Å²) in [6.07, 6.45) is 2.93. The largest absolute Gasteiger partial charge is 0.434 e. The van der Waals surface area contributed by atoms with Crippen molar-refractivity contribution in [2.75, 3.05) is 11.9 Å². The fourth-order valence-electron chi connectivity index (χ4n) is 1.43. The molecule has 1 heterocycles. The molecule has 0 radical (unpaired) electrons. The Hall–Kier alpha value is -2.68. The van der Waals surface area contributed by atoms with Crippen LogP contribution in [0.15, 0.2) is 30.6 Å². The molecule has 0 aliphatic heterocycles. The second kappa shape index (κ2) is 5.78. The highest BCUT2D eigenvalue weighted by atomic mass is 19.1. The standard InChI is InChI=1S/C13H11FN4O/c1-2-17-12-7-16-8-13(18-12)19-11-4-3-9(6-15)5-10(11)14/h3-5,7-8H,2H2,1H3,(H,17,18). The van der Waals surface area contributed by atoms with Gasteiger partial charge in [0.15, 0.2) is 11.6 Å². The Bertz CT molecular complexity index is 624. The van der Waals surface area contributed by atoms with Crippen molar-refractivity contribution in [3.63, 3.8) is 0 Å². The third-order valence-corrected chi connectivity index (χ3v) is 2.25. The van der Waals surface area contributed by atoms with E-state index < -0.39 is 5.82 Å². The number of aromatic nitrogens is 2. The molecule has 0 spiro atoms. The molecule has 0 fully saturated rings. The van der Waals surface area contributed by atoms with Crippen LogP contribution in [0, 0.1) is 17.1 Å². The molecule has 0 aliphatic rings. The van der Waals surface area contributed by atoms with Gasteiger partial charge < -0.3 is 10.1 Å². The van der Waals surface area contributed by atoms with E-state index in [4.69, 9.17) is 10.00 Å². The molecule has 96 valence electrons. The van der Waals surface area contributed by atoms with Crippen LogP contribution in [-0.2, 0) is 0 Å². The smallest absolute Gasteiger partial charge is 0.239 e. The average molecular weight is 258 g/mol. The minimum Gasteiger partial charge on any atom is -0.434 e. The first kappa shape index (κ1) is 12.8. The lowest BCUT2D eigenvalue weighted by Crippen LogP contribution is -2.01. The quantitative estimate of drug-likeness (QED) is 0.912. The number of hydrogen-bond acceptors (Lipinski definition) is 5. The maximum Gasteiger partial charge on any atom is 0.239 e. The summed E-state index contributed by atoms with van der Waals surface area (Å²) in [5.74, 6) is 0.118. The van der Waals surface area contributed by atoms with Crippen LogP contribution in [-0.4, -0.2) is 16.5 Å². The van der Waals surface area contributed by atoms with Crippen molar-refractivity contribution in [2.24, 2.45) is 0 Å². The Kier molecular flexibility index (Phi) is 3.88. The van der Waals surface area contributed by atoms with E-state index in [1.165, 1.54) is 18.3 Å². The molecule has 0 unspecified atom stereocenters. The fourth-order valence-corrected chi connectivity index (χ4v) is 1.43. The second-order valence-electron chi connectivity index (χ2n) is 3.63. The van der Waals surface area contributed by atoms with Crippen LogP contribution < -0.4 is 10.1 Å². The molecule has 1 aromatic carbocycles. The van der Waals surface area contributed by atoms with E-state index in [9.17, 15) is 4.39 Å². The predicted molar refractivity (Wildman–Crippen MR) is 67.4 cm³/mol. The highest BCUT2D eigenvalue weighted by Crippen LogP contribution is 2.23. The minimum atomic E-state index is -0.616. The van der Waals surface area contributed by atoms with E-state index in [0.29, 0.717) is 12.4 Å². The van der Waals surface area contributed by atoms with Crippen molar-refractivity contribution in [3.05, 3.63) is 42.0 Å². The van der Waals surface area contributed by atoms with Crippen LogP contribution in [0.1, 0.15) is 12.5 Å². The topological polar surface area (TPSA) is 70.8 Å². The first-order valence-electron chi connectivity index (χ1n) is 5.66. The lowest BCUT2D eigenvalue weighted by molar-refractivity contribution is 0.426. The lowest BCUT2D eigenvalue weighted by atomic mass is 10.2. The number of ether oxygens (including phenoxy) is 1. The Morgan fingerprint density at radius 1 is 1.42 bits per heavy atom. The molecule has 1 N–H and O–H groups in total. The van der Waals surface area contributed by atoms with Gasteiger partial charge in [-0.15, -0.1) is 0 Å². The highest BCUT2D eigenvalue weighted by Gasteiger charge is 2.07. The number of halogens is 1. The summed E-state index contributed by atoms with van der Waals surface area (Å²) in [7, 11) is 0. The van der Waals surface area contributed by atoms with Crippen molar-refractivity contribution in [1.29, 1.82) is 5.26 Å². The zero-order valence-electron chi connectivity index (χ0n) is 10.2. The molecule has 2 aromatic rings. The Balaban J connectivity index is 2.21. The van der Waals surface area contributed by atoms with E-state index in [1.54, 1.807) is 6.20 Å². The van der Waals surface area contributed by atoms with Crippen molar-refractivity contribution in [3.8, 4) is 17.7 Å². The van der Waals surface area contributed by atoms with Gasteiger partial charge in [-0.3, -0.25) is 4.98 Å². The van der Waals surface area contributed by atoms with Gasteiger partial charge in [0.05, 0.1) is 24.0 Å². The lowest BCUT2D eigenvalue weighted by Gasteiger charge is -2.07. The molecule has 6 heteroatoms. The molecule has 0 aliphatic carbocycles. The monoisotopic (exact) mass is 258 g/mol. The molecule has 0 amide bonds. The summed E-state index contributed by atoms with van der Waals surface area (Å²) in [6, 6.07) is 5.82. The van der Waals surface area contributed by atoms with Gasteiger partial charge in [0.25, 0.3) is 0 Å². The van der Waals surface area contributed by atoms with Gasteiger partial charge >= 0.3 is 0 Å². The number of nitriles is 1. The summed E-state index contributed by atoms with van der Waals surface area (Å²) in [5, 5.41) is 11.6. The number of anilines is 1. The van der Waals surface area contributed by atoms with E-state index in [-0.39, 0.29) is 17.2 Å². The van der Waals surface area contributed by atoms with Crippen LogP contribution in [0.4, 0.5) is 10.2 Å². The summed E-state index contributed by atoms with van der Waals surface area (Å²) in [5.41, 5.74) is 0.234. The summed E-state index contributed by atoms with van der Waals surface area (Å²) in [6.45, 7) is 2.62. The number of hydrogen-bond donors (Lipinski definition) is 1. The molecule has 5 nitrogen and oxygen atoms in total. The SMILES string of the molecule is CCNc1cncc(Oc2ccc(C#N)cc2F)n1. The Labute approximate surface area is 109 Å². The molecule has 19 heavy (non-hydrogen) atoms. The first-order chi connectivity index (χ1) is 9.22. The van der Waals surface area contributed by atoms with Gasteiger partial charge in [-0.05, 0) is 25.1 Å². The van der Waals surface area contributed by atoms with Gasteiger partial charge in [0.1, 0.15) is 5.82 Å². The van der Waals surface area contributed by atoms with Crippen molar-refractivity contribution >= 4 is 5.82 Å². The van der Waals surface area contributed by atoms with E-state index in [1.807, 2.05) is 13.0 Å². The summed E-state index contributed by atoms with van der Waals surface area (Å²) < 4.78 is 18.9. The fraction of sp³-hybridized carbons (Fsp3) is 0.154. The highest BCUT2D eigenvalue weighted by molar-refractivity contribution is 5.38. The van der Waals surface area contributed by atoms with E-state index in [2.05, 4.69) is 15.3 Å². The van der Waals surface area contributed by atoms with Crippen LogP contribution in [0.3, 0.4) is 0 Å². The zero-order chi connectivity index (χ0) is 13.7. The van der Waals surface area contributed by atoms with Crippen LogP contribution in [0.5, 0.6) is 11.6 Å². The summed E-state index contributed by atoms with van der Waals surface area (Å²) in [4.78, 5) is 8.05. The Morgan fingerprint density at radius 2 is 2.26 bits per heavy atom. The third kappa shape index (κ3) is 3.16. The predicted octanol–water partition coefficient (Wildman–Crippen LogP) is 2.71. The molecule has 0 saturated carbocycles. The van der Waals surface area contributed by atoms with Gasteiger partial charge in [-0.1, -0.05) is 0 Å². The maximum absolute atomic E-state index is 13.6. The van der Waals surface area contributed by atoms with Crippen LogP contribution >= 0.6 is 0 Å². The first-order valence-corrected chi connectivity index (χ1v) is 5.66. The average Bonchev–Trinajstić information content (AvgIpc) is 2.42. The van der Waals surface area contributed by atoms with E-state index >= 15 is 0 Å². The van der Waals surface area contributed by atoms with Crippen molar-refractivity contribution in [2.45, 2.75) is 6.92 Å². The van der Waals surface area contributed by atoms with Gasteiger partial charge in [-0.25, -0.2) is 4.39 Å². The summed E-state index contributed by atoms with van der Waals surface area (Å²) >= 11 is 0. The molecular formula is C13H11FN4O. The Morgan fingerprint density at radius 3 is 2.95 bits per heavy atom. The number of nitrogens with zero attached hydrogens (tertiary/aromatic N) is 3.